The van der Waals surface area contributed by atoms with Gasteiger partial charge in [0, 0.05) is 0 Å². The van der Waals surface area contributed by atoms with Crippen LogP contribution >= 0.6 is 11.6 Å². The van der Waals surface area contributed by atoms with Crippen molar-refractivity contribution in [2.75, 3.05) is 7.11 Å². The van der Waals surface area contributed by atoms with E-state index in [0.29, 0.717) is 0 Å². The molecule has 0 aliphatic heterocycles. The molecule has 5 heteroatoms. The molecule has 0 aliphatic carbocycles. The van der Waals surface area contributed by atoms with Gasteiger partial charge < -0.3 is 9.84 Å². The van der Waals surface area contributed by atoms with Crippen molar-refractivity contribution in [1.29, 1.82) is 0 Å². The van der Waals surface area contributed by atoms with E-state index in [4.69, 9.17) is 11.6 Å². The van der Waals surface area contributed by atoms with Crippen molar-refractivity contribution in [3.63, 3.8) is 0 Å². The Bertz CT molecular complexity index is 434. The molecule has 0 radical (unpaired) electrons. The molecule has 0 saturated carbocycles. The second kappa shape index (κ2) is 5.23. The van der Waals surface area contributed by atoms with E-state index in [1.165, 1.54) is 19.2 Å². The highest BCUT2D eigenvalue weighted by Crippen LogP contribution is 2.15. The molecule has 0 amide bonds. The first-order chi connectivity index (χ1) is 7.13. The lowest BCUT2D eigenvalue weighted by Crippen LogP contribution is -1.97. The Hall–Kier alpha value is -1.73. The highest BCUT2D eigenvalue weighted by atomic mass is 35.5. The number of halogens is 1. The molecule has 0 spiro atoms. The number of nitrogens with zero attached hydrogens (tertiary/aromatic N) is 1. The first-order valence-electron chi connectivity index (χ1n) is 4.04. The molecule has 1 aromatic rings. The van der Waals surface area contributed by atoms with Crippen LogP contribution in [0.2, 0.25) is 5.15 Å². The third-order valence-electron chi connectivity index (χ3n) is 1.51. The number of carbonyl (C=O) groups excluding carboxylic acids is 1. The minimum Gasteiger partial charge on any atom is -0.505 e. The van der Waals surface area contributed by atoms with E-state index in [9.17, 15) is 9.90 Å². The highest BCUT2D eigenvalue weighted by molar-refractivity contribution is 6.29. The van der Waals surface area contributed by atoms with Gasteiger partial charge in [-0.15, -0.1) is 0 Å². The topological polar surface area (TPSA) is 59.4 Å². The predicted octanol–water partition coefficient (Wildman–Crippen LogP) is 1.36. The second-order valence-corrected chi connectivity index (χ2v) is 2.94. The van der Waals surface area contributed by atoms with E-state index in [1.807, 2.05) is 0 Å². The summed E-state index contributed by atoms with van der Waals surface area (Å²) in [6, 6.07) is 2.83. The van der Waals surface area contributed by atoms with Gasteiger partial charge in [0.25, 0.3) is 0 Å². The van der Waals surface area contributed by atoms with Crippen LogP contribution < -0.4 is 0 Å². The van der Waals surface area contributed by atoms with Gasteiger partial charge in [-0.3, -0.25) is 4.79 Å². The Morgan fingerprint density at radius 3 is 3.07 bits per heavy atom. The third-order valence-corrected chi connectivity index (χ3v) is 1.72. The van der Waals surface area contributed by atoms with Gasteiger partial charge in [-0.25, -0.2) is 4.98 Å². The third kappa shape index (κ3) is 3.49. The van der Waals surface area contributed by atoms with E-state index in [-0.39, 0.29) is 23.0 Å². The summed E-state index contributed by atoms with van der Waals surface area (Å²) < 4.78 is 4.39. The lowest BCUT2D eigenvalue weighted by Gasteiger charge is -1.95. The molecule has 1 rings (SSSR count). The smallest absolute Gasteiger partial charge is 0.317 e. The zero-order valence-electron chi connectivity index (χ0n) is 7.95. The van der Waals surface area contributed by atoms with Crippen LogP contribution in [0.25, 0.3) is 0 Å². The van der Waals surface area contributed by atoms with Crippen LogP contribution in [0.15, 0.2) is 12.1 Å². The lowest BCUT2D eigenvalue weighted by atomic mass is 10.3. The summed E-state index contributed by atoms with van der Waals surface area (Å²) in [7, 11) is 1.28. The average Bonchev–Trinajstić information content (AvgIpc) is 2.23. The van der Waals surface area contributed by atoms with Crippen LogP contribution in [0.5, 0.6) is 5.75 Å². The molecule has 78 valence electrons. The van der Waals surface area contributed by atoms with Gasteiger partial charge in [-0.1, -0.05) is 17.5 Å². The summed E-state index contributed by atoms with van der Waals surface area (Å²) in [5.74, 6) is 4.52. The fourth-order valence-electron chi connectivity index (χ4n) is 0.792. The molecule has 0 aromatic carbocycles. The number of rotatable bonds is 1. The number of aromatic nitrogens is 1. The van der Waals surface area contributed by atoms with Crippen molar-refractivity contribution >= 4 is 17.6 Å². The number of ether oxygens (including phenoxy) is 1. The first-order valence-corrected chi connectivity index (χ1v) is 4.42. The van der Waals surface area contributed by atoms with Crippen LogP contribution in [0, 0.1) is 11.8 Å². The fraction of sp³-hybridized carbons (Fsp3) is 0.200. The fourth-order valence-corrected chi connectivity index (χ4v) is 0.940. The summed E-state index contributed by atoms with van der Waals surface area (Å²) in [6.07, 6.45) is -0.0515. The van der Waals surface area contributed by atoms with Crippen molar-refractivity contribution in [1.82, 2.24) is 4.98 Å². The molecule has 0 fully saturated rings. The summed E-state index contributed by atoms with van der Waals surface area (Å²) >= 11 is 5.60. The zero-order valence-corrected chi connectivity index (χ0v) is 8.71. The van der Waals surface area contributed by atoms with E-state index in [1.54, 1.807) is 0 Å². The first kappa shape index (κ1) is 11.3. The molecule has 1 heterocycles. The standard InChI is InChI=1S/C10H8ClNO3/c1-15-10(14)4-2-3-7-8(13)5-6-9(11)12-7/h5-6,13H,4H2,1H3. The monoisotopic (exact) mass is 225 g/mol. The Labute approximate surface area is 91.8 Å². The van der Waals surface area contributed by atoms with Gasteiger partial charge in [-0.05, 0) is 18.1 Å². The maximum absolute atomic E-state index is 10.7. The molecular formula is C10H8ClNO3. The van der Waals surface area contributed by atoms with Gasteiger partial charge in [0.05, 0.1) is 7.11 Å². The summed E-state index contributed by atoms with van der Waals surface area (Å²) in [6.45, 7) is 0. The molecule has 0 atom stereocenters. The SMILES string of the molecule is COC(=O)CC#Cc1nc(Cl)ccc1O. The van der Waals surface area contributed by atoms with Crippen molar-refractivity contribution in [2.24, 2.45) is 0 Å². The molecule has 4 nitrogen and oxygen atoms in total. The quantitative estimate of drug-likeness (QED) is 0.445. The van der Waals surface area contributed by atoms with Crippen molar-refractivity contribution in [2.45, 2.75) is 6.42 Å². The number of methoxy groups -OCH3 is 1. The number of esters is 1. The lowest BCUT2D eigenvalue weighted by molar-refractivity contribution is -0.139. The van der Waals surface area contributed by atoms with E-state index in [2.05, 4.69) is 21.6 Å². The van der Waals surface area contributed by atoms with Crippen LogP contribution in [-0.2, 0) is 9.53 Å². The van der Waals surface area contributed by atoms with Gasteiger partial charge in [0.15, 0.2) is 5.69 Å². The van der Waals surface area contributed by atoms with Crippen molar-refractivity contribution in [3.05, 3.63) is 23.0 Å². The van der Waals surface area contributed by atoms with Crippen LogP contribution in [0.4, 0.5) is 0 Å². The summed E-state index contributed by atoms with van der Waals surface area (Å²) in [4.78, 5) is 14.5. The molecule has 0 aliphatic rings. The molecule has 0 bridgehead atoms. The molecule has 15 heavy (non-hydrogen) atoms. The zero-order chi connectivity index (χ0) is 11.3. The summed E-state index contributed by atoms with van der Waals surface area (Å²) in [5.41, 5.74) is 0.145. The minimum atomic E-state index is -0.441. The Morgan fingerprint density at radius 1 is 1.67 bits per heavy atom. The van der Waals surface area contributed by atoms with Crippen LogP contribution in [0.1, 0.15) is 12.1 Å². The maximum Gasteiger partial charge on any atom is 0.317 e. The minimum absolute atomic E-state index is 0.0515. The average molecular weight is 226 g/mol. The molecule has 1 aromatic heterocycles. The normalized spacial score (nSPS) is 8.93. The van der Waals surface area contributed by atoms with Crippen molar-refractivity contribution < 1.29 is 14.6 Å². The van der Waals surface area contributed by atoms with E-state index >= 15 is 0 Å². The number of aromatic hydroxyl groups is 1. The molecule has 0 unspecified atom stereocenters. The van der Waals surface area contributed by atoms with Crippen LogP contribution in [-0.4, -0.2) is 23.2 Å². The Balaban J connectivity index is 2.79. The number of pyridine rings is 1. The Morgan fingerprint density at radius 2 is 2.40 bits per heavy atom. The largest absolute Gasteiger partial charge is 0.505 e. The summed E-state index contributed by atoms with van der Waals surface area (Å²) in [5, 5.41) is 9.55. The molecule has 1 N–H and O–H groups in total. The van der Waals surface area contributed by atoms with Gasteiger partial charge >= 0.3 is 5.97 Å². The maximum atomic E-state index is 10.7. The van der Waals surface area contributed by atoms with Gasteiger partial charge in [0.2, 0.25) is 0 Å². The van der Waals surface area contributed by atoms with Gasteiger partial charge in [-0.2, -0.15) is 0 Å². The van der Waals surface area contributed by atoms with Crippen LogP contribution in [0.3, 0.4) is 0 Å². The number of hydrogen-bond acceptors (Lipinski definition) is 4. The Kier molecular flexibility index (Phi) is 3.95. The molecule has 0 saturated heterocycles. The number of hydrogen-bond donors (Lipinski definition) is 1. The van der Waals surface area contributed by atoms with Crippen molar-refractivity contribution in [3.8, 4) is 17.6 Å². The molecular weight excluding hydrogens is 218 g/mol. The van der Waals surface area contributed by atoms with Gasteiger partial charge in [0.1, 0.15) is 17.3 Å². The number of carbonyl (C=O) groups is 1. The highest BCUT2D eigenvalue weighted by Gasteiger charge is 2.00. The predicted molar refractivity (Wildman–Crippen MR) is 54.4 cm³/mol. The van der Waals surface area contributed by atoms with E-state index in [0.717, 1.165) is 0 Å². The van der Waals surface area contributed by atoms with E-state index < -0.39 is 5.97 Å². The second-order valence-electron chi connectivity index (χ2n) is 2.56.